The second kappa shape index (κ2) is 14.5. The summed E-state index contributed by atoms with van der Waals surface area (Å²) in [6.07, 6.45) is 11.8. The lowest BCUT2D eigenvalue weighted by molar-refractivity contribution is 0.313. The molecule has 234 valence electrons. The number of allylic oxidation sites excluding steroid dienone is 2. The molecule has 0 aliphatic heterocycles. The fourth-order valence-corrected chi connectivity index (χ4v) is 5.64. The SMILES string of the molecule is C/C=C(F)\C(COc1cc(Cl)cc(-c2cc(-c3cnc(OC)nc3OC)cn(-c3cccnc3)c2=O)c1)=C(\F)C1CCCCC1. The minimum Gasteiger partial charge on any atom is -0.489 e. The molecule has 1 fully saturated rings. The summed E-state index contributed by atoms with van der Waals surface area (Å²) in [4.78, 5) is 26.6. The number of rotatable bonds is 10. The lowest BCUT2D eigenvalue weighted by atomic mass is 9.86. The van der Waals surface area contributed by atoms with Crippen LogP contribution in [-0.2, 0) is 0 Å². The summed E-state index contributed by atoms with van der Waals surface area (Å²) in [7, 11) is 2.92. The number of methoxy groups -OCH3 is 2. The van der Waals surface area contributed by atoms with Gasteiger partial charge < -0.3 is 14.2 Å². The minimum atomic E-state index is -0.664. The summed E-state index contributed by atoms with van der Waals surface area (Å²) in [5.74, 6) is -0.980. The molecule has 11 heteroatoms. The number of pyridine rings is 2. The molecule has 0 N–H and O–H groups in total. The third-order valence-corrected chi connectivity index (χ3v) is 7.94. The molecule has 0 spiro atoms. The van der Waals surface area contributed by atoms with Crippen molar-refractivity contribution in [2.45, 2.75) is 39.0 Å². The summed E-state index contributed by atoms with van der Waals surface area (Å²) in [5.41, 5.74) is 1.81. The Morgan fingerprint density at radius 2 is 1.84 bits per heavy atom. The fraction of sp³-hybridized carbons (Fsp3) is 0.294. The van der Waals surface area contributed by atoms with Crippen LogP contribution in [0.15, 0.2) is 89.3 Å². The molecule has 1 aliphatic carbocycles. The van der Waals surface area contributed by atoms with E-state index in [0.29, 0.717) is 35.2 Å². The molecule has 0 saturated heterocycles. The van der Waals surface area contributed by atoms with Crippen LogP contribution < -0.4 is 19.8 Å². The second-order valence-corrected chi connectivity index (χ2v) is 11.0. The molecule has 3 aromatic heterocycles. The number of halogens is 3. The Morgan fingerprint density at radius 3 is 2.53 bits per heavy atom. The number of ether oxygens (including phenoxy) is 3. The molecule has 4 aromatic rings. The Morgan fingerprint density at radius 1 is 1.04 bits per heavy atom. The maximum atomic E-state index is 15.5. The van der Waals surface area contributed by atoms with Gasteiger partial charge in [0.15, 0.2) is 0 Å². The van der Waals surface area contributed by atoms with Gasteiger partial charge in [-0.3, -0.25) is 14.3 Å². The average Bonchev–Trinajstić information content (AvgIpc) is 3.08. The highest BCUT2D eigenvalue weighted by Gasteiger charge is 2.24. The van der Waals surface area contributed by atoms with Crippen LogP contribution in [0, 0.1) is 5.92 Å². The standard InChI is InChI=1S/C34H33ClF2N4O4/c1-4-30(36)29(31(37)21-9-6-5-7-10-21)20-45-26-14-22(13-24(35)16-26)27-15-23(28-18-39-34(44-3)40-32(28)43-2)19-41(33(27)42)25-11-8-12-38-17-25/h4,8,11-19,21H,5-7,9-10,20H2,1-3H3/b30-4+,31-29+. The Labute approximate surface area is 265 Å². The van der Waals surface area contributed by atoms with Crippen LogP contribution in [0.1, 0.15) is 39.0 Å². The van der Waals surface area contributed by atoms with Crippen molar-refractivity contribution < 1.29 is 23.0 Å². The van der Waals surface area contributed by atoms with E-state index in [1.807, 2.05) is 0 Å². The van der Waals surface area contributed by atoms with E-state index in [1.165, 1.54) is 31.8 Å². The highest BCUT2D eigenvalue weighted by molar-refractivity contribution is 6.31. The van der Waals surface area contributed by atoms with Gasteiger partial charge in [-0.15, -0.1) is 0 Å². The first kappa shape index (κ1) is 31.8. The third-order valence-electron chi connectivity index (χ3n) is 7.72. The molecule has 3 heterocycles. The van der Waals surface area contributed by atoms with Crippen molar-refractivity contribution in [1.82, 2.24) is 19.5 Å². The zero-order valence-electron chi connectivity index (χ0n) is 25.2. The van der Waals surface area contributed by atoms with Crippen molar-refractivity contribution in [1.29, 1.82) is 0 Å². The van der Waals surface area contributed by atoms with E-state index in [2.05, 4.69) is 15.0 Å². The zero-order valence-corrected chi connectivity index (χ0v) is 26.0. The fourth-order valence-electron chi connectivity index (χ4n) is 5.41. The molecule has 8 nitrogen and oxygen atoms in total. The van der Waals surface area contributed by atoms with Crippen molar-refractivity contribution in [2.75, 3.05) is 20.8 Å². The number of benzene rings is 1. The van der Waals surface area contributed by atoms with Gasteiger partial charge in [0.1, 0.15) is 24.0 Å². The van der Waals surface area contributed by atoms with Crippen molar-refractivity contribution >= 4 is 11.6 Å². The Bertz CT molecular complexity index is 1790. The molecule has 5 rings (SSSR count). The van der Waals surface area contributed by atoms with Crippen LogP contribution in [0.25, 0.3) is 27.9 Å². The Balaban J connectivity index is 1.59. The molecular formula is C34H33ClF2N4O4. The van der Waals surface area contributed by atoms with Crippen LogP contribution in [0.5, 0.6) is 17.6 Å². The van der Waals surface area contributed by atoms with Gasteiger partial charge in [-0.2, -0.15) is 4.98 Å². The van der Waals surface area contributed by atoms with E-state index in [4.69, 9.17) is 25.8 Å². The van der Waals surface area contributed by atoms with E-state index >= 15 is 4.39 Å². The summed E-state index contributed by atoms with van der Waals surface area (Å²) < 4.78 is 48.4. The number of hydrogen-bond donors (Lipinski definition) is 0. The minimum absolute atomic E-state index is 0.113. The molecule has 0 atom stereocenters. The number of nitrogens with zero attached hydrogens (tertiary/aromatic N) is 4. The Hall–Kier alpha value is -4.57. The predicted octanol–water partition coefficient (Wildman–Crippen LogP) is 8.08. The van der Waals surface area contributed by atoms with Crippen LogP contribution in [0.3, 0.4) is 0 Å². The quantitative estimate of drug-likeness (QED) is 0.163. The van der Waals surface area contributed by atoms with Gasteiger partial charge in [0.2, 0.25) is 5.88 Å². The maximum absolute atomic E-state index is 15.5. The Kier molecular flexibility index (Phi) is 10.2. The molecule has 1 saturated carbocycles. The van der Waals surface area contributed by atoms with Crippen LogP contribution in [0.4, 0.5) is 8.78 Å². The summed E-state index contributed by atoms with van der Waals surface area (Å²) in [6.45, 7) is 1.18. The first-order valence-electron chi connectivity index (χ1n) is 14.6. The van der Waals surface area contributed by atoms with E-state index in [0.717, 1.165) is 19.3 Å². The molecule has 1 aromatic carbocycles. The first-order valence-corrected chi connectivity index (χ1v) is 15.0. The lowest BCUT2D eigenvalue weighted by Crippen LogP contribution is -2.20. The van der Waals surface area contributed by atoms with Crippen molar-refractivity contribution in [3.63, 3.8) is 0 Å². The smallest absolute Gasteiger partial charge is 0.319 e. The predicted molar refractivity (Wildman–Crippen MR) is 169 cm³/mol. The molecule has 0 bridgehead atoms. The maximum Gasteiger partial charge on any atom is 0.319 e. The van der Waals surface area contributed by atoms with Gasteiger partial charge in [-0.1, -0.05) is 36.9 Å². The van der Waals surface area contributed by atoms with Gasteiger partial charge in [0.05, 0.1) is 37.2 Å². The van der Waals surface area contributed by atoms with E-state index < -0.39 is 11.7 Å². The third kappa shape index (κ3) is 7.23. The van der Waals surface area contributed by atoms with Gasteiger partial charge in [0, 0.05) is 40.7 Å². The van der Waals surface area contributed by atoms with Gasteiger partial charge in [-0.25, -0.2) is 13.8 Å². The monoisotopic (exact) mass is 634 g/mol. The summed E-state index contributed by atoms with van der Waals surface area (Å²) >= 11 is 6.51. The van der Waals surface area contributed by atoms with E-state index in [9.17, 15) is 9.18 Å². The molecular weight excluding hydrogens is 602 g/mol. The second-order valence-electron chi connectivity index (χ2n) is 10.6. The summed E-state index contributed by atoms with van der Waals surface area (Å²) in [6, 6.07) is 10.0. The summed E-state index contributed by atoms with van der Waals surface area (Å²) in [5, 5.41) is 0.273. The largest absolute Gasteiger partial charge is 0.489 e. The number of aromatic nitrogens is 4. The van der Waals surface area contributed by atoms with Crippen LogP contribution >= 0.6 is 11.6 Å². The molecule has 0 radical (unpaired) electrons. The van der Waals surface area contributed by atoms with E-state index in [-0.39, 0.29) is 51.9 Å². The molecule has 1 aliphatic rings. The van der Waals surface area contributed by atoms with Crippen LogP contribution in [0.2, 0.25) is 5.02 Å². The van der Waals surface area contributed by atoms with Gasteiger partial charge in [-0.05, 0) is 61.7 Å². The highest BCUT2D eigenvalue weighted by atomic mass is 35.5. The van der Waals surface area contributed by atoms with Crippen LogP contribution in [-0.4, -0.2) is 40.3 Å². The normalized spacial score (nSPS) is 14.6. The van der Waals surface area contributed by atoms with Gasteiger partial charge >= 0.3 is 6.01 Å². The first-order chi connectivity index (χ1) is 21.8. The average molecular weight is 635 g/mol. The number of hydrogen-bond acceptors (Lipinski definition) is 7. The molecule has 45 heavy (non-hydrogen) atoms. The molecule has 0 unspecified atom stereocenters. The van der Waals surface area contributed by atoms with Crippen molar-refractivity contribution in [2.24, 2.45) is 5.92 Å². The lowest BCUT2D eigenvalue weighted by Gasteiger charge is -2.22. The topological polar surface area (TPSA) is 88.4 Å². The van der Waals surface area contributed by atoms with E-state index in [1.54, 1.807) is 61.2 Å². The molecule has 0 amide bonds. The van der Waals surface area contributed by atoms with Crippen molar-refractivity contribution in [3.05, 3.63) is 99.9 Å². The highest BCUT2D eigenvalue weighted by Crippen LogP contribution is 2.36. The van der Waals surface area contributed by atoms with Crippen molar-refractivity contribution in [3.8, 4) is 45.6 Å². The van der Waals surface area contributed by atoms with Gasteiger partial charge in [0.25, 0.3) is 5.56 Å². The zero-order chi connectivity index (χ0) is 31.9.